The standard InChI is InChI=1S/C14H16N2O4S/c1-2-21(18,19)16-13-8-4-3-7-12(13)14(17)15-10-11-6-5-9-20-11/h3-9,16H,2,10H2,1H3,(H,15,17). The van der Waals surface area contributed by atoms with Crippen LogP contribution >= 0.6 is 0 Å². The number of carbonyl (C=O) groups excluding carboxylic acids is 1. The van der Waals surface area contributed by atoms with Gasteiger partial charge >= 0.3 is 0 Å². The molecule has 0 saturated heterocycles. The largest absolute Gasteiger partial charge is 0.467 e. The topological polar surface area (TPSA) is 88.4 Å². The van der Waals surface area contributed by atoms with Crippen LogP contribution in [0.4, 0.5) is 5.69 Å². The second-order valence-corrected chi connectivity index (χ2v) is 6.32. The van der Waals surface area contributed by atoms with Crippen LogP contribution in [0.1, 0.15) is 23.0 Å². The number of nitrogens with one attached hydrogen (secondary N) is 2. The van der Waals surface area contributed by atoms with Crippen LogP contribution in [0.25, 0.3) is 0 Å². The summed E-state index contributed by atoms with van der Waals surface area (Å²) >= 11 is 0. The number of carbonyl (C=O) groups is 1. The Bertz CT molecular complexity index is 708. The van der Waals surface area contributed by atoms with Gasteiger partial charge in [-0.15, -0.1) is 0 Å². The van der Waals surface area contributed by atoms with Gasteiger partial charge in [-0.1, -0.05) is 12.1 Å². The van der Waals surface area contributed by atoms with Gasteiger partial charge in [0.15, 0.2) is 0 Å². The van der Waals surface area contributed by atoms with Gasteiger partial charge in [0.1, 0.15) is 5.76 Å². The molecule has 7 heteroatoms. The van der Waals surface area contributed by atoms with Crippen molar-refractivity contribution in [1.29, 1.82) is 0 Å². The normalized spacial score (nSPS) is 11.1. The molecule has 1 amide bonds. The predicted molar refractivity (Wildman–Crippen MR) is 79.4 cm³/mol. The summed E-state index contributed by atoms with van der Waals surface area (Å²) in [6, 6.07) is 9.92. The Kier molecular flexibility index (Phi) is 4.64. The van der Waals surface area contributed by atoms with E-state index in [0.29, 0.717) is 5.76 Å². The molecule has 21 heavy (non-hydrogen) atoms. The Labute approximate surface area is 123 Å². The Morgan fingerprint density at radius 1 is 1.19 bits per heavy atom. The number of hydrogen-bond donors (Lipinski definition) is 2. The predicted octanol–water partition coefficient (Wildman–Crippen LogP) is 1.97. The second-order valence-electron chi connectivity index (χ2n) is 4.31. The van der Waals surface area contributed by atoms with Crippen molar-refractivity contribution in [1.82, 2.24) is 5.32 Å². The fourth-order valence-corrected chi connectivity index (χ4v) is 2.34. The van der Waals surface area contributed by atoms with E-state index in [9.17, 15) is 13.2 Å². The SMILES string of the molecule is CCS(=O)(=O)Nc1ccccc1C(=O)NCc1ccco1. The van der Waals surface area contributed by atoms with E-state index in [2.05, 4.69) is 10.0 Å². The molecule has 0 aliphatic rings. The van der Waals surface area contributed by atoms with Gasteiger partial charge in [-0.25, -0.2) is 8.42 Å². The maximum absolute atomic E-state index is 12.1. The molecule has 1 aromatic carbocycles. The number of anilines is 1. The Morgan fingerprint density at radius 2 is 1.95 bits per heavy atom. The number of furan rings is 1. The lowest BCUT2D eigenvalue weighted by Gasteiger charge is -2.11. The first-order chi connectivity index (χ1) is 10.0. The average Bonchev–Trinajstić information content (AvgIpc) is 2.98. The Hall–Kier alpha value is -2.28. The van der Waals surface area contributed by atoms with Crippen molar-refractivity contribution in [3.8, 4) is 0 Å². The molecule has 0 spiro atoms. The van der Waals surface area contributed by atoms with Crippen molar-refractivity contribution < 1.29 is 17.6 Å². The average molecular weight is 308 g/mol. The summed E-state index contributed by atoms with van der Waals surface area (Å²) in [4.78, 5) is 12.1. The number of rotatable bonds is 6. The van der Waals surface area contributed by atoms with E-state index in [1.807, 2.05) is 0 Å². The molecule has 0 radical (unpaired) electrons. The van der Waals surface area contributed by atoms with Crippen LogP contribution in [0.3, 0.4) is 0 Å². The summed E-state index contributed by atoms with van der Waals surface area (Å²) < 4.78 is 30.8. The lowest BCUT2D eigenvalue weighted by atomic mass is 10.1. The molecule has 2 N–H and O–H groups in total. The summed E-state index contributed by atoms with van der Waals surface area (Å²) in [5.41, 5.74) is 0.525. The first-order valence-corrected chi connectivity index (χ1v) is 8.07. The molecule has 0 aliphatic heterocycles. The van der Waals surface area contributed by atoms with E-state index in [1.165, 1.54) is 13.2 Å². The van der Waals surface area contributed by atoms with Gasteiger partial charge < -0.3 is 9.73 Å². The van der Waals surface area contributed by atoms with E-state index in [-0.39, 0.29) is 29.5 Å². The van der Waals surface area contributed by atoms with Gasteiger partial charge in [-0.2, -0.15) is 0 Å². The highest BCUT2D eigenvalue weighted by Crippen LogP contribution is 2.16. The zero-order valence-corrected chi connectivity index (χ0v) is 12.3. The van der Waals surface area contributed by atoms with Crippen molar-refractivity contribution in [3.05, 3.63) is 54.0 Å². The van der Waals surface area contributed by atoms with Crippen LogP contribution in [0, 0.1) is 0 Å². The van der Waals surface area contributed by atoms with Crippen molar-refractivity contribution in [3.63, 3.8) is 0 Å². The second kappa shape index (κ2) is 6.45. The van der Waals surface area contributed by atoms with Gasteiger partial charge in [-0.3, -0.25) is 9.52 Å². The van der Waals surface area contributed by atoms with Gasteiger partial charge in [-0.05, 0) is 31.2 Å². The maximum atomic E-state index is 12.1. The molecule has 1 aromatic heterocycles. The van der Waals surface area contributed by atoms with Crippen molar-refractivity contribution >= 4 is 21.6 Å². The highest BCUT2D eigenvalue weighted by Gasteiger charge is 2.15. The van der Waals surface area contributed by atoms with Crippen molar-refractivity contribution in [2.45, 2.75) is 13.5 Å². The van der Waals surface area contributed by atoms with Gasteiger partial charge in [0, 0.05) is 0 Å². The van der Waals surface area contributed by atoms with Crippen LogP contribution < -0.4 is 10.0 Å². The summed E-state index contributed by atoms with van der Waals surface area (Å²) in [6.45, 7) is 1.77. The fraction of sp³-hybridized carbons (Fsp3) is 0.214. The van der Waals surface area contributed by atoms with E-state index in [1.54, 1.807) is 36.4 Å². The minimum absolute atomic E-state index is 0.0602. The summed E-state index contributed by atoms with van der Waals surface area (Å²) in [5, 5.41) is 2.68. The molecule has 0 aliphatic carbocycles. The molecular weight excluding hydrogens is 292 g/mol. The smallest absolute Gasteiger partial charge is 0.253 e. The summed E-state index contributed by atoms with van der Waals surface area (Å²) in [7, 11) is -3.44. The molecule has 112 valence electrons. The third kappa shape index (κ3) is 4.09. The zero-order chi connectivity index (χ0) is 15.3. The number of amides is 1. The molecule has 0 fully saturated rings. The van der Waals surface area contributed by atoms with E-state index >= 15 is 0 Å². The minimum atomic E-state index is -3.44. The van der Waals surface area contributed by atoms with E-state index < -0.39 is 10.0 Å². The van der Waals surface area contributed by atoms with Crippen LogP contribution in [0.15, 0.2) is 47.1 Å². The highest BCUT2D eigenvalue weighted by atomic mass is 32.2. The minimum Gasteiger partial charge on any atom is -0.467 e. The van der Waals surface area contributed by atoms with Crippen LogP contribution in [-0.4, -0.2) is 20.1 Å². The first kappa shape index (κ1) is 15.1. The maximum Gasteiger partial charge on any atom is 0.253 e. The van der Waals surface area contributed by atoms with E-state index in [0.717, 1.165) is 0 Å². The van der Waals surface area contributed by atoms with Crippen molar-refractivity contribution in [2.75, 3.05) is 10.5 Å². The number of hydrogen-bond acceptors (Lipinski definition) is 4. The quantitative estimate of drug-likeness (QED) is 0.854. The molecular formula is C14H16N2O4S. The van der Waals surface area contributed by atoms with Crippen molar-refractivity contribution in [2.24, 2.45) is 0 Å². The Balaban J connectivity index is 2.13. The molecule has 2 rings (SSSR count). The number of sulfonamides is 1. The fourth-order valence-electron chi connectivity index (χ4n) is 1.69. The molecule has 0 saturated carbocycles. The summed E-state index contributed by atoms with van der Waals surface area (Å²) in [6.07, 6.45) is 1.52. The number of para-hydroxylation sites is 1. The molecule has 0 unspecified atom stereocenters. The van der Waals surface area contributed by atoms with Gasteiger partial charge in [0.2, 0.25) is 10.0 Å². The molecule has 6 nitrogen and oxygen atoms in total. The molecule has 0 atom stereocenters. The highest BCUT2D eigenvalue weighted by molar-refractivity contribution is 7.92. The Morgan fingerprint density at radius 3 is 2.62 bits per heavy atom. The van der Waals surface area contributed by atoms with Gasteiger partial charge in [0.05, 0.1) is 29.8 Å². The molecule has 1 heterocycles. The monoisotopic (exact) mass is 308 g/mol. The first-order valence-electron chi connectivity index (χ1n) is 6.42. The van der Waals surface area contributed by atoms with Crippen LogP contribution in [0.5, 0.6) is 0 Å². The zero-order valence-electron chi connectivity index (χ0n) is 11.5. The molecule has 0 bridgehead atoms. The van der Waals surface area contributed by atoms with Gasteiger partial charge in [0.25, 0.3) is 5.91 Å². The lowest BCUT2D eigenvalue weighted by molar-refractivity contribution is 0.0949. The number of benzene rings is 1. The third-order valence-electron chi connectivity index (χ3n) is 2.82. The lowest BCUT2D eigenvalue weighted by Crippen LogP contribution is -2.25. The summed E-state index contributed by atoms with van der Waals surface area (Å²) in [5.74, 6) is 0.186. The third-order valence-corrected chi connectivity index (χ3v) is 4.11. The van der Waals surface area contributed by atoms with E-state index in [4.69, 9.17) is 4.42 Å². The molecule has 2 aromatic rings. The van der Waals surface area contributed by atoms with Crippen LogP contribution in [0.2, 0.25) is 0 Å². The van der Waals surface area contributed by atoms with Crippen LogP contribution in [-0.2, 0) is 16.6 Å².